The highest BCUT2D eigenvalue weighted by Crippen LogP contribution is 2.09. The summed E-state index contributed by atoms with van der Waals surface area (Å²) in [7, 11) is 0. The lowest BCUT2D eigenvalue weighted by Crippen LogP contribution is -2.22. The molecule has 0 aromatic rings. The summed E-state index contributed by atoms with van der Waals surface area (Å²) >= 11 is 0. The standard InChI is InChI=1S/C14H27FO2/c1-5-8-14(11-17-12(3)4)16-10-7-9-13(15)6-2/h6,12,14H,5,7-11H2,1-4H3. The first-order chi connectivity index (χ1) is 8.10. The van der Waals surface area contributed by atoms with Gasteiger partial charge in [-0.15, -0.1) is 0 Å². The first kappa shape index (κ1) is 16.6. The maximum absolute atomic E-state index is 12.8. The summed E-state index contributed by atoms with van der Waals surface area (Å²) in [6, 6.07) is 0. The molecule has 0 saturated heterocycles. The Labute approximate surface area is 105 Å². The minimum Gasteiger partial charge on any atom is -0.376 e. The first-order valence-electron chi connectivity index (χ1n) is 6.64. The van der Waals surface area contributed by atoms with Gasteiger partial charge in [0.05, 0.1) is 24.6 Å². The molecule has 0 aromatic carbocycles. The SMILES string of the molecule is CC=C(F)CCCOC(CCC)COC(C)C. The lowest BCUT2D eigenvalue weighted by atomic mass is 10.2. The van der Waals surface area contributed by atoms with E-state index in [0.29, 0.717) is 19.6 Å². The fourth-order valence-electron chi connectivity index (χ4n) is 1.47. The highest BCUT2D eigenvalue weighted by molar-refractivity contribution is 4.87. The van der Waals surface area contributed by atoms with Crippen LogP contribution in [0, 0.1) is 0 Å². The zero-order valence-electron chi connectivity index (χ0n) is 11.7. The molecule has 2 nitrogen and oxygen atoms in total. The molecular weight excluding hydrogens is 219 g/mol. The van der Waals surface area contributed by atoms with Crippen LogP contribution in [0.25, 0.3) is 0 Å². The number of halogens is 1. The minimum atomic E-state index is -0.0564. The Morgan fingerprint density at radius 1 is 1.29 bits per heavy atom. The molecule has 0 heterocycles. The van der Waals surface area contributed by atoms with Crippen molar-refractivity contribution in [3.05, 3.63) is 11.9 Å². The molecule has 1 atom stereocenters. The molecule has 0 radical (unpaired) electrons. The van der Waals surface area contributed by atoms with Crippen molar-refractivity contribution < 1.29 is 13.9 Å². The third kappa shape index (κ3) is 10.5. The van der Waals surface area contributed by atoms with Crippen molar-refractivity contribution in [3.63, 3.8) is 0 Å². The molecule has 102 valence electrons. The predicted octanol–water partition coefficient (Wildman–Crippen LogP) is 4.25. The van der Waals surface area contributed by atoms with Gasteiger partial charge in [-0.1, -0.05) is 19.4 Å². The Morgan fingerprint density at radius 2 is 2.00 bits per heavy atom. The molecule has 0 amide bonds. The second kappa shape index (κ2) is 10.7. The van der Waals surface area contributed by atoms with E-state index >= 15 is 0 Å². The van der Waals surface area contributed by atoms with Gasteiger partial charge < -0.3 is 9.47 Å². The third-order valence-electron chi connectivity index (χ3n) is 2.45. The van der Waals surface area contributed by atoms with E-state index in [4.69, 9.17) is 9.47 Å². The van der Waals surface area contributed by atoms with Gasteiger partial charge in [-0.05, 0) is 33.6 Å². The average molecular weight is 246 g/mol. The molecule has 0 aromatic heterocycles. The Balaban J connectivity index is 3.69. The largest absolute Gasteiger partial charge is 0.376 e. The first-order valence-corrected chi connectivity index (χ1v) is 6.64. The predicted molar refractivity (Wildman–Crippen MR) is 69.8 cm³/mol. The summed E-state index contributed by atoms with van der Waals surface area (Å²) < 4.78 is 24.1. The van der Waals surface area contributed by atoms with Crippen molar-refractivity contribution in [2.75, 3.05) is 13.2 Å². The second-order valence-corrected chi connectivity index (χ2v) is 4.50. The molecule has 0 saturated carbocycles. The summed E-state index contributed by atoms with van der Waals surface area (Å²) in [5, 5.41) is 0. The van der Waals surface area contributed by atoms with Crippen LogP contribution in [0.3, 0.4) is 0 Å². The van der Waals surface area contributed by atoms with Crippen LogP contribution in [0.5, 0.6) is 0 Å². The second-order valence-electron chi connectivity index (χ2n) is 4.50. The van der Waals surface area contributed by atoms with E-state index in [2.05, 4.69) is 6.92 Å². The van der Waals surface area contributed by atoms with Crippen LogP contribution < -0.4 is 0 Å². The molecule has 3 heteroatoms. The molecule has 1 unspecified atom stereocenters. The highest BCUT2D eigenvalue weighted by Gasteiger charge is 2.09. The Hall–Kier alpha value is -0.410. The van der Waals surface area contributed by atoms with Gasteiger partial charge in [0.2, 0.25) is 0 Å². The fraction of sp³-hybridized carbons (Fsp3) is 0.857. The maximum atomic E-state index is 12.8. The van der Waals surface area contributed by atoms with Gasteiger partial charge in [0, 0.05) is 13.0 Å². The molecule has 0 aliphatic carbocycles. The van der Waals surface area contributed by atoms with Gasteiger partial charge in [-0.25, -0.2) is 4.39 Å². The van der Waals surface area contributed by atoms with Gasteiger partial charge in [-0.2, -0.15) is 0 Å². The molecule has 0 aliphatic heterocycles. The molecule has 0 rings (SSSR count). The monoisotopic (exact) mass is 246 g/mol. The topological polar surface area (TPSA) is 18.5 Å². The molecule has 0 bridgehead atoms. The summed E-state index contributed by atoms with van der Waals surface area (Å²) in [4.78, 5) is 0. The van der Waals surface area contributed by atoms with E-state index in [1.165, 1.54) is 6.08 Å². The molecule has 0 aliphatic rings. The van der Waals surface area contributed by atoms with Crippen LogP contribution in [0.15, 0.2) is 11.9 Å². The van der Waals surface area contributed by atoms with E-state index in [0.717, 1.165) is 19.3 Å². The van der Waals surface area contributed by atoms with Crippen molar-refractivity contribution in [2.24, 2.45) is 0 Å². The number of hydrogen-bond acceptors (Lipinski definition) is 2. The number of rotatable bonds is 10. The van der Waals surface area contributed by atoms with E-state index in [1.54, 1.807) is 6.92 Å². The van der Waals surface area contributed by atoms with Crippen LogP contribution in [0.4, 0.5) is 4.39 Å². The van der Waals surface area contributed by atoms with Gasteiger partial charge in [0.15, 0.2) is 0 Å². The number of allylic oxidation sites excluding steroid dienone is 2. The van der Waals surface area contributed by atoms with Crippen molar-refractivity contribution in [3.8, 4) is 0 Å². The lowest BCUT2D eigenvalue weighted by molar-refractivity contribution is -0.0391. The number of ether oxygens (including phenoxy) is 2. The Bertz CT molecular complexity index is 202. The Kier molecular flexibility index (Phi) is 10.5. The lowest BCUT2D eigenvalue weighted by Gasteiger charge is -2.18. The van der Waals surface area contributed by atoms with Gasteiger partial charge >= 0.3 is 0 Å². The van der Waals surface area contributed by atoms with E-state index in [-0.39, 0.29) is 18.0 Å². The van der Waals surface area contributed by atoms with Crippen molar-refractivity contribution in [2.45, 2.75) is 65.6 Å². The van der Waals surface area contributed by atoms with E-state index in [1.807, 2.05) is 13.8 Å². The fourth-order valence-corrected chi connectivity index (χ4v) is 1.47. The van der Waals surface area contributed by atoms with Crippen LogP contribution >= 0.6 is 0 Å². The van der Waals surface area contributed by atoms with Crippen LogP contribution in [-0.4, -0.2) is 25.4 Å². The molecule has 0 fully saturated rings. The Morgan fingerprint density at radius 3 is 2.53 bits per heavy atom. The summed E-state index contributed by atoms with van der Waals surface area (Å²) in [6.45, 7) is 9.12. The van der Waals surface area contributed by atoms with Gasteiger partial charge in [0.25, 0.3) is 0 Å². The third-order valence-corrected chi connectivity index (χ3v) is 2.45. The van der Waals surface area contributed by atoms with Crippen LogP contribution in [0.1, 0.15) is 53.4 Å². The average Bonchev–Trinajstić information content (AvgIpc) is 2.30. The van der Waals surface area contributed by atoms with Crippen LogP contribution in [-0.2, 0) is 9.47 Å². The summed E-state index contributed by atoms with van der Waals surface area (Å²) in [5.74, 6) is -0.0564. The zero-order chi connectivity index (χ0) is 13.1. The minimum absolute atomic E-state index is 0.0564. The van der Waals surface area contributed by atoms with E-state index in [9.17, 15) is 4.39 Å². The smallest absolute Gasteiger partial charge is 0.0957 e. The normalized spacial score (nSPS) is 14.4. The van der Waals surface area contributed by atoms with Crippen LogP contribution in [0.2, 0.25) is 0 Å². The molecule has 17 heavy (non-hydrogen) atoms. The zero-order valence-corrected chi connectivity index (χ0v) is 11.7. The highest BCUT2D eigenvalue weighted by atomic mass is 19.1. The maximum Gasteiger partial charge on any atom is 0.0957 e. The molecule has 0 N–H and O–H groups in total. The van der Waals surface area contributed by atoms with Crippen molar-refractivity contribution in [1.82, 2.24) is 0 Å². The van der Waals surface area contributed by atoms with Gasteiger partial charge in [0.1, 0.15) is 0 Å². The van der Waals surface area contributed by atoms with Crippen molar-refractivity contribution in [1.29, 1.82) is 0 Å². The molecule has 0 spiro atoms. The van der Waals surface area contributed by atoms with E-state index < -0.39 is 0 Å². The molecular formula is C14H27FO2. The quantitative estimate of drug-likeness (QED) is 0.536. The summed E-state index contributed by atoms with van der Waals surface area (Å²) in [5.41, 5.74) is 0. The van der Waals surface area contributed by atoms with Gasteiger partial charge in [-0.3, -0.25) is 0 Å². The number of hydrogen-bond donors (Lipinski definition) is 0. The summed E-state index contributed by atoms with van der Waals surface area (Å²) in [6.07, 6.45) is 5.17. The van der Waals surface area contributed by atoms with Crippen molar-refractivity contribution >= 4 is 0 Å².